The zero-order valence-electron chi connectivity index (χ0n) is 10.6. The molecule has 0 amide bonds. The van der Waals surface area contributed by atoms with Crippen LogP contribution in [0.4, 0.5) is 0 Å². The van der Waals surface area contributed by atoms with Gasteiger partial charge in [-0.25, -0.2) is 0 Å². The van der Waals surface area contributed by atoms with Crippen LogP contribution in [0.25, 0.3) is 0 Å². The summed E-state index contributed by atoms with van der Waals surface area (Å²) in [7, 11) is 1.97. The maximum absolute atomic E-state index is 4.33. The highest BCUT2D eigenvalue weighted by molar-refractivity contribution is 5.15. The Labute approximate surface area is 92.9 Å². The molecule has 0 atom stereocenters. The van der Waals surface area contributed by atoms with Crippen molar-refractivity contribution in [3.63, 3.8) is 0 Å². The van der Waals surface area contributed by atoms with Gasteiger partial charge in [0.25, 0.3) is 0 Å². The second-order valence-corrected chi connectivity index (χ2v) is 4.90. The number of hydrogen-bond donors (Lipinski definition) is 1. The minimum absolute atomic E-state index is 0.219. The number of rotatable bonds is 5. The summed E-state index contributed by atoms with van der Waals surface area (Å²) >= 11 is 0. The third-order valence-electron chi connectivity index (χ3n) is 2.75. The molecular weight excluding hydrogens is 186 g/mol. The van der Waals surface area contributed by atoms with Gasteiger partial charge in [-0.15, -0.1) is 0 Å². The van der Waals surface area contributed by atoms with Gasteiger partial charge in [-0.2, -0.15) is 5.10 Å². The Morgan fingerprint density at radius 2 is 2.13 bits per heavy atom. The van der Waals surface area contributed by atoms with Gasteiger partial charge < -0.3 is 5.32 Å². The molecule has 1 rings (SSSR count). The molecule has 15 heavy (non-hydrogen) atoms. The second-order valence-electron chi connectivity index (χ2n) is 4.90. The summed E-state index contributed by atoms with van der Waals surface area (Å²) in [5, 5.41) is 7.91. The first-order valence-corrected chi connectivity index (χ1v) is 5.69. The summed E-state index contributed by atoms with van der Waals surface area (Å²) in [6.07, 6.45) is 4.50. The predicted octanol–water partition coefficient (Wildman–Crippen LogP) is 2.40. The normalized spacial score (nSPS) is 12.1. The number of aromatic nitrogens is 2. The largest absolute Gasteiger partial charge is 0.308 e. The van der Waals surface area contributed by atoms with Crippen LogP contribution in [0.2, 0.25) is 0 Å². The van der Waals surface area contributed by atoms with Crippen molar-refractivity contribution in [2.45, 2.75) is 52.6 Å². The maximum atomic E-state index is 4.33. The summed E-state index contributed by atoms with van der Waals surface area (Å²) in [6.45, 7) is 9.69. The highest BCUT2D eigenvalue weighted by Gasteiger charge is 2.16. The lowest BCUT2D eigenvalue weighted by Gasteiger charge is -2.25. The molecule has 0 aliphatic heterocycles. The van der Waals surface area contributed by atoms with Gasteiger partial charge in [0.2, 0.25) is 0 Å². The number of aryl methyl sites for hydroxylation is 2. The van der Waals surface area contributed by atoms with Crippen molar-refractivity contribution in [3.05, 3.63) is 17.5 Å². The molecule has 0 spiro atoms. The molecule has 0 aromatic carbocycles. The summed E-state index contributed by atoms with van der Waals surface area (Å²) < 4.78 is 1.87. The minimum Gasteiger partial charge on any atom is -0.308 e. The van der Waals surface area contributed by atoms with E-state index >= 15 is 0 Å². The van der Waals surface area contributed by atoms with Gasteiger partial charge in [-0.3, -0.25) is 4.68 Å². The minimum atomic E-state index is 0.219. The van der Waals surface area contributed by atoms with Crippen molar-refractivity contribution in [2.75, 3.05) is 0 Å². The van der Waals surface area contributed by atoms with Crippen molar-refractivity contribution in [2.24, 2.45) is 7.05 Å². The Hall–Kier alpha value is -0.830. The van der Waals surface area contributed by atoms with Crippen molar-refractivity contribution < 1.29 is 0 Å². The van der Waals surface area contributed by atoms with Crippen LogP contribution < -0.4 is 5.32 Å². The van der Waals surface area contributed by atoms with E-state index in [1.54, 1.807) is 0 Å². The van der Waals surface area contributed by atoms with E-state index in [9.17, 15) is 0 Å². The number of nitrogens with one attached hydrogen (secondary N) is 1. The lowest BCUT2D eigenvalue weighted by molar-refractivity contribution is 0.356. The lowest BCUT2D eigenvalue weighted by atomic mass is 9.98. The first-order valence-electron chi connectivity index (χ1n) is 5.69. The van der Waals surface area contributed by atoms with Crippen LogP contribution in [0.15, 0.2) is 6.20 Å². The third-order valence-corrected chi connectivity index (χ3v) is 2.75. The van der Waals surface area contributed by atoms with E-state index in [0.29, 0.717) is 0 Å². The van der Waals surface area contributed by atoms with E-state index in [1.807, 2.05) is 11.7 Å². The Morgan fingerprint density at radius 3 is 2.60 bits per heavy atom. The highest BCUT2D eigenvalue weighted by Crippen LogP contribution is 2.13. The summed E-state index contributed by atoms with van der Waals surface area (Å²) in [5.74, 6) is 0. The van der Waals surface area contributed by atoms with Crippen LogP contribution in [-0.4, -0.2) is 15.3 Å². The molecule has 0 aliphatic rings. The van der Waals surface area contributed by atoms with Crippen LogP contribution in [0.5, 0.6) is 0 Å². The van der Waals surface area contributed by atoms with Crippen molar-refractivity contribution in [1.29, 1.82) is 0 Å². The molecule has 0 bridgehead atoms. The fourth-order valence-corrected chi connectivity index (χ4v) is 1.87. The van der Waals surface area contributed by atoms with Gasteiger partial charge in [-0.1, -0.05) is 13.3 Å². The summed E-state index contributed by atoms with van der Waals surface area (Å²) in [4.78, 5) is 0. The van der Waals surface area contributed by atoms with E-state index in [0.717, 1.165) is 12.2 Å². The molecule has 3 heteroatoms. The molecule has 0 fully saturated rings. The standard InChI is InChI=1S/C12H23N3/c1-6-7-12(3,4)13-8-11-9-15(5)14-10(11)2/h9,13H,6-8H2,1-5H3. The van der Waals surface area contributed by atoms with Crippen LogP contribution >= 0.6 is 0 Å². The molecule has 3 nitrogen and oxygen atoms in total. The molecule has 0 saturated heterocycles. The monoisotopic (exact) mass is 209 g/mol. The molecule has 0 unspecified atom stereocenters. The number of nitrogens with zero attached hydrogens (tertiary/aromatic N) is 2. The summed E-state index contributed by atoms with van der Waals surface area (Å²) in [6, 6.07) is 0. The van der Waals surface area contributed by atoms with Gasteiger partial charge in [-0.05, 0) is 27.2 Å². The molecule has 1 N–H and O–H groups in total. The third kappa shape index (κ3) is 3.67. The van der Waals surface area contributed by atoms with Gasteiger partial charge in [0.05, 0.1) is 5.69 Å². The van der Waals surface area contributed by atoms with Crippen LogP contribution in [0.1, 0.15) is 44.9 Å². The van der Waals surface area contributed by atoms with Crippen molar-refractivity contribution >= 4 is 0 Å². The van der Waals surface area contributed by atoms with E-state index in [4.69, 9.17) is 0 Å². The van der Waals surface area contributed by atoms with Crippen LogP contribution in [0.3, 0.4) is 0 Å². The first-order chi connectivity index (χ1) is 6.94. The average Bonchev–Trinajstić information content (AvgIpc) is 2.42. The topological polar surface area (TPSA) is 29.9 Å². The zero-order chi connectivity index (χ0) is 11.5. The molecule has 1 aromatic heterocycles. The first kappa shape index (κ1) is 12.2. The lowest BCUT2D eigenvalue weighted by Crippen LogP contribution is -2.38. The average molecular weight is 209 g/mol. The smallest absolute Gasteiger partial charge is 0.0638 e. The number of hydrogen-bond acceptors (Lipinski definition) is 2. The molecular formula is C12H23N3. The Kier molecular flexibility index (Phi) is 3.91. The highest BCUT2D eigenvalue weighted by atomic mass is 15.3. The molecule has 0 saturated carbocycles. The van der Waals surface area contributed by atoms with Crippen molar-refractivity contribution in [1.82, 2.24) is 15.1 Å². The van der Waals surface area contributed by atoms with Crippen molar-refractivity contribution in [3.8, 4) is 0 Å². The van der Waals surface area contributed by atoms with Crippen LogP contribution in [-0.2, 0) is 13.6 Å². The molecule has 1 aromatic rings. The van der Waals surface area contributed by atoms with E-state index < -0.39 is 0 Å². The van der Waals surface area contributed by atoms with E-state index in [1.165, 1.54) is 18.4 Å². The SMILES string of the molecule is CCCC(C)(C)NCc1cn(C)nc1C. The Balaban J connectivity index is 2.53. The Morgan fingerprint density at radius 1 is 1.47 bits per heavy atom. The summed E-state index contributed by atoms with van der Waals surface area (Å²) in [5.41, 5.74) is 2.63. The molecule has 0 aliphatic carbocycles. The van der Waals surface area contributed by atoms with Gasteiger partial charge >= 0.3 is 0 Å². The van der Waals surface area contributed by atoms with E-state index in [2.05, 4.69) is 44.3 Å². The quantitative estimate of drug-likeness (QED) is 0.807. The maximum Gasteiger partial charge on any atom is 0.0638 e. The molecule has 1 heterocycles. The molecule has 0 radical (unpaired) electrons. The molecule has 86 valence electrons. The second kappa shape index (κ2) is 4.79. The van der Waals surface area contributed by atoms with Gasteiger partial charge in [0.15, 0.2) is 0 Å². The zero-order valence-corrected chi connectivity index (χ0v) is 10.6. The fourth-order valence-electron chi connectivity index (χ4n) is 1.87. The van der Waals surface area contributed by atoms with Gasteiger partial charge in [0, 0.05) is 30.9 Å². The fraction of sp³-hybridized carbons (Fsp3) is 0.750. The van der Waals surface area contributed by atoms with Crippen LogP contribution in [0, 0.1) is 6.92 Å². The van der Waals surface area contributed by atoms with E-state index in [-0.39, 0.29) is 5.54 Å². The Bertz CT molecular complexity index is 313. The predicted molar refractivity (Wildman–Crippen MR) is 63.8 cm³/mol. The van der Waals surface area contributed by atoms with Gasteiger partial charge in [0.1, 0.15) is 0 Å².